The van der Waals surface area contributed by atoms with Crippen molar-refractivity contribution in [2.45, 2.75) is 6.43 Å². The van der Waals surface area contributed by atoms with Crippen LogP contribution in [0.2, 0.25) is 0 Å². The van der Waals surface area contributed by atoms with E-state index in [1.165, 1.54) is 12.1 Å². The fourth-order valence-electron chi connectivity index (χ4n) is 1.13. The molecule has 1 rings (SSSR count). The minimum absolute atomic E-state index is 0.180. The van der Waals surface area contributed by atoms with Crippen molar-refractivity contribution in [3.63, 3.8) is 0 Å². The molecule has 7 heteroatoms. The van der Waals surface area contributed by atoms with Crippen LogP contribution in [0.3, 0.4) is 0 Å². The van der Waals surface area contributed by atoms with Gasteiger partial charge in [-0.2, -0.15) is 0 Å². The Bertz CT molecular complexity index is 410. The van der Waals surface area contributed by atoms with Crippen LogP contribution in [0, 0.1) is 15.5 Å². The van der Waals surface area contributed by atoms with Crippen LogP contribution in [0.15, 0.2) is 18.2 Å². The van der Waals surface area contributed by atoms with E-state index in [0.717, 1.165) is 12.3 Å². The van der Waals surface area contributed by atoms with Gasteiger partial charge in [-0.3, -0.25) is 10.1 Å². The largest absolute Gasteiger partial charge is 0.379 e. The maximum Gasteiger partial charge on any atom is 0.270 e. The summed E-state index contributed by atoms with van der Waals surface area (Å²) in [6.45, 7) is -0.557. The number of hydrogen-bond donors (Lipinski definition) is 2. The van der Waals surface area contributed by atoms with Crippen LogP contribution in [0.25, 0.3) is 0 Å². The van der Waals surface area contributed by atoms with E-state index in [1.807, 2.05) is 0 Å². The zero-order valence-electron chi connectivity index (χ0n) is 8.11. The molecule has 0 amide bonds. The molecule has 0 heterocycles. The lowest BCUT2D eigenvalue weighted by Crippen LogP contribution is -2.11. The highest BCUT2D eigenvalue weighted by molar-refractivity contribution is 5.86. The smallest absolute Gasteiger partial charge is 0.270 e. The fraction of sp³-hybridized carbons (Fsp3) is 0.222. The average Bonchev–Trinajstić information content (AvgIpc) is 2.25. The first kappa shape index (κ1) is 12.0. The first-order chi connectivity index (χ1) is 7.54. The molecule has 0 unspecified atom stereocenters. The molecule has 0 aliphatic carbocycles. The summed E-state index contributed by atoms with van der Waals surface area (Å²) >= 11 is 0. The van der Waals surface area contributed by atoms with Crippen LogP contribution in [0.4, 0.5) is 20.2 Å². The molecule has 0 aliphatic heterocycles. The molecule has 1 aromatic carbocycles. The summed E-state index contributed by atoms with van der Waals surface area (Å²) in [4.78, 5) is 9.83. The summed E-state index contributed by atoms with van der Waals surface area (Å²) in [6, 6.07) is 3.66. The molecule has 0 spiro atoms. The molecule has 1 aromatic rings. The van der Waals surface area contributed by atoms with Crippen LogP contribution >= 0.6 is 0 Å². The number of anilines is 1. The molecule has 0 fully saturated rings. The van der Waals surface area contributed by atoms with Crippen LogP contribution in [-0.4, -0.2) is 24.1 Å². The second-order valence-electron chi connectivity index (χ2n) is 2.94. The Balaban J connectivity index is 2.93. The van der Waals surface area contributed by atoms with Crippen molar-refractivity contribution in [1.82, 2.24) is 0 Å². The number of nitrogens with zero attached hydrogens (tertiary/aromatic N) is 1. The quantitative estimate of drug-likeness (QED) is 0.461. The van der Waals surface area contributed by atoms with Gasteiger partial charge in [-0.15, -0.1) is 0 Å². The average molecular weight is 229 g/mol. The lowest BCUT2D eigenvalue weighted by atomic mass is 10.1. The summed E-state index contributed by atoms with van der Waals surface area (Å²) in [5, 5.41) is 19.9. The second-order valence-corrected chi connectivity index (χ2v) is 2.94. The van der Waals surface area contributed by atoms with Gasteiger partial charge < -0.3 is 10.7 Å². The van der Waals surface area contributed by atoms with E-state index in [-0.39, 0.29) is 16.9 Å². The van der Waals surface area contributed by atoms with Gasteiger partial charge in [-0.25, -0.2) is 8.78 Å². The van der Waals surface area contributed by atoms with E-state index in [1.54, 1.807) is 0 Å². The zero-order valence-corrected chi connectivity index (χ0v) is 8.11. The second kappa shape index (κ2) is 5.15. The number of nitro groups is 1. The van der Waals surface area contributed by atoms with Gasteiger partial charge in [0.15, 0.2) is 0 Å². The van der Waals surface area contributed by atoms with Gasteiger partial charge in [0.25, 0.3) is 12.1 Å². The van der Waals surface area contributed by atoms with Crippen molar-refractivity contribution in [1.29, 1.82) is 5.41 Å². The minimum atomic E-state index is -2.52. The third-order valence-corrected chi connectivity index (χ3v) is 1.85. The molecule has 0 atom stereocenters. The molecule has 0 aromatic heterocycles. The minimum Gasteiger partial charge on any atom is -0.379 e. The van der Waals surface area contributed by atoms with Crippen molar-refractivity contribution in [2.75, 3.05) is 11.9 Å². The molecule has 0 saturated carbocycles. The van der Waals surface area contributed by atoms with Crippen LogP contribution in [-0.2, 0) is 0 Å². The van der Waals surface area contributed by atoms with Crippen molar-refractivity contribution in [3.05, 3.63) is 33.9 Å². The van der Waals surface area contributed by atoms with Crippen LogP contribution in [0.5, 0.6) is 0 Å². The molecular formula is C9H9F2N3O2. The maximum atomic E-state index is 11.9. The molecular weight excluding hydrogens is 220 g/mol. The van der Waals surface area contributed by atoms with Gasteiger partial charge in [0.05, 0.1) is 11.5 Å². The third kappa shape index (κ3) is 2.97. The highest BCUT2D eigenvalue weighted by atomic mass is 19.3. The molecule has 86 valence electrons. The third-order valence-electron chi connectivity index (χ3n) is 1.85. The number of nitrogens with one attached hydrogen (secondary N) is 2. The maximum absolute atomic E-state index is 11.9. The Kier molecular flexibility index (Phi) is 3.87. The van der Waals surface area contributed by atoms with E-state index in [0.29, 0.717) is 0 Å². The lowest BCUT2D eigenvalue weighted by molar-refractivity contribution is -0.384. The van der Waals surface area contributed by atoms with Crippen molar-refractivity contribution in [2.24, 2.45) is 0 Å². The predicted molar refractivity (Wildman–Crippen MR) is 55.5 cm³/mol. The van der Waals surface area contributed by atoms with Crippen LogP contribution in [0.1, 0.15) is 5.56 Å². The Morgan fingerprint density at radius 3 is 2.75 bits per heavy atom. The summed E-state index contributed by atoms with van der Waals surface area (Å²) < 4.78 is 23.9. The summed E-state index contributed by atoms with van der Waals surface area (Å²) in [6.07, 6.45) is -1.64. The number of alkyl halides is 2. The topological polar surface area (TPSA) is 79.0 Å². The molecule has 0 saturated heterocycles. The lowest BCUT2D eigenvalue weighted by Gasteiger charge is -2.08. The van der Waals surface area contributed by atoms with Gasteiger partial charge in [0.2, 0.25) is 0 Å². The SMILES string of the molecule is N=Cc1cc([N+](=O)[O-])ccc1NCC(F)F. The highest BCUT2D eigenvalue weighted by Gasteiger charge is 2.10. The number of hydrogen-bond acceptors (Lipinski definition) is 4. The number of halogens is 2. The van der Waals surface area contributed by atoms with E-state index >= 15 is 0 Å². The van der Waals surface area contributed by atoms with E-state index in [2.05, 4.69) is 5.32 Å². The summed E-state index contributed by atoms with van der Waals surface area (Å²) in [5.41, 5.74) is 0.303. The van der Waals surface area contributed by atoms with E-state index in [9.17, 15) is 18.9 Å². The molecule has 0 aliphatic rings. The Labute approximate surface area is 89.7 Å². The van der Waals surface area contributed by atoms with Gasteiger partial charge >= 0.3 is 0 Å². The number of benzene rings is 1. The summed E-state index contributed by atoms with van der Waals surface area (Å²) in [5.74, 6) is 0. The number of non-ortho nitro benzene ring substituents is 1. The van der Waals surface area contributed by atoms with Crippen molar-refractivity contribution >= 4 is 17.6 Å². The Hall–Kier alpha value is -2.05. The molecule has 0 radical (unpaired) electrons. The zero-order chi connectivity index (χ0) is 12.1. The van der Waals surface area contributed by atoms with Crippen molar-refractivity contribution in [3.8, 4) is 0 Å². The monoisotopic (exact) mass is 229 g/mol. The van der Waals surface area contributed by atoms with Gasteiger partial charge in [0.1, 0.15) is 0 Å². The Morgan fingerprint density at radius 1 is 1.56 bits per heavy atom. The van der Waals surface area contributed by atoms with E-state index in [4.69, 9.17) is 5.41 Å². The first-order valence-corrected chi connectivity index (χ1v) is 4.35. The Morgan fingerprint density at radius 2 is 2.25 bits per heavy atom. The van der Waals surface area contributed by atoms with Crippen molar-refractivity contribution < 1.29 is 13.7 Å². The molecule has 16 heavy (non-hydrogen) atoms. The van der Waals surface area contributed by atoms with Gasteiger partial charge in [0, 0.05) is 29.6 Å². The van der Waals surface area contributed by atoms with E-state index < -0.39 is 17.9 Å². The van der Waals surface area contributed by atoms with Gasteiger partial charge in [-0.1, -0.05) is 0 Å². The van der Waals surface area contributed by atoms with Crippen LogP contribution < -0.4 is 5.32 Å². The normalized spacial score (nSPS) is 10.2. The summed E-state index contributed by atoms with van der Waals surface area (Å²) in [7, 11) is 0. The standard InChI is InChI=1S/C9H9F2N3O2/c10-9(11)5-13-8-2-1-7(14(15)16)3-6(8)4-12/h1-4,9,12-13H,5H2. The fourth-order valence-corrected chi connectivity index (χ4v) is 1.13. The number of rotatable bonds is 5. The molecule has 5 nitrogen and oxygen atoms in total. The predicted octanol–water partition coefficient (Wildman–Crippen LogP) is 2.27. The molecule has 0 bridgehead atoms. The highest BCUT2D eigenvalue weighted by Crippen LogP contribution is 2.20. The first-order valence-electron chi connectivity index (χ1n) is 4.35. The number of nitro benzene ring substituents is 1. The molecule has 2 N–H and O–H groups in total. The van der Waals surface area contributed by atoms with Gasteiger partial charge in [-0.05, 0) is 6.07 Å².